The van der Waals surface area contributed by atoms with Gasteiger partial charge in [0.25, 0.3) is 5.91 Å². The van der Waals surface area contributed by atoms with Crippen LogP contribution in [0.2, 0.25) is 0 Å². The van der Waals surface area contributed by atoms with E-state index >= 15 is 0 Å². The number of pyridine rings is 1. The lowest BCUT2D eigenvalue weighted by Gasteiger charge is -2.29. The summed E-state index contributed by atoms with van der Waals surface area (Å²) in [5.74, 6) is -1.16. The van der Waals surface area contributed by atoms with Crippen LogP contribution in [0, 0.1) is 0 Å². The molecule has 0 radical (unpaired) electrons. The zero-order valence-electron chi connectivity index (χ0n) is 13.3. The van der Waals surface area contributed by atoms with E-state index in [0.717, 1.165) is 30.2 Å². The van der Waals surface area contributed by atoms with Gasteiger partial charge in [-0.1, -0.05) is 12.5 Å². The minimum atomic E-state index is -1.44. The molecule has 0 bridgehead atoms. The summed E-state index contributed by atoms with van der Waals surface area (Å²) in [6.45, 7) is -0.419. The first kappa shape index (κ1) is 16.4. The highest BCUT2D eigenvalue weighted by atomic mass is 16.6. The fourth-order valence-electron chi connectivity index (χ4n) is 3.00. The molecule has 126 valence electrons. The molecule has 6 nitrogen and oxygen atoms in total. The number of aromatic nitrogens is 1. The lowest BCUT2D eigenvalue weighted by molar-refractivity contribution is -0.170. The van der Waals surface area contributed by atoms with Crippen LogP contribution < -0.4 is 5.32 Å². The van der Waals surface area contributed by atoms with Gasteiger partial charge in [-0.05, 0) is 49.9 Å². The van der Waals surface area contributed by atoms with Crippen molar-refractivity contribution in [3.05, 3.63) is 36.5 Å². The van der Waals surface area contributed by atoms with E-state index in [9.17, 15) is 14.7 Å². The SMILES string of the molecule is O=C(COC(=O)C1(O)CCCCC1)Nc1cccc2ncccc12. The van der Waals surface area contributed by atoms with Crippen molar-refractivity contribution in [3.8, 4) is 0 Å². The first-order valence-corrected chi connectivity index (χ1v) is 8.12. The number of amides is 1. The normalized spacial score (nSPS) is 16.5. The molecular weight excluding hydrogens is 308 g/mol. The number of aliphatic hydroxyl groups is 1. The van der Waals surface area contributed by atoms with Crippen LogP contribution in [0.1, 0.15) is 32.1 Å². The van der Waals surface area contributed by atoms with E-state index in [4.69, 9.17) is 4.74 Å². The van der Waals surface area contributed by atoms with Gasteiger partial charge in [-0.2, -0.15) is 0 Å². The molecule has 1 heterocycles. The quantitative estimate of drug-likeness (QED) is 0.842. The molecule has 6 heteroatoms. The molecule has 1 saturated carbocycles. The molecule has 0 aliphatic heterocycles. The van der Waals surface area contributed by atoms with E-state index in [1.54, 1.807) is 24.4 Å². The molecule has 0 unspecified atom stereocenters. The summed E-state index contributed by atoms with van der Waals surface area (Å²) in [6.07, 6.45) is 5.05. The minimum absolute atomic E-state index is 0.391. The van der Waals surface area contributed by atoms with Crippen molar-refractivity contribution < 1.29 is 19.4 Å². The lowest BCUT2D eigenvalue weighted by Crippen LogP contribution is -2.42. The molecule has 0 atom stereocenters. The molecule has 0 saturated heterocycles. The largest absolute Gasteiger partial charge is 0.453 e. The van der Waals surface area contributed by atoms with Crippen LogP contribution in [0.5, 0.6) is 0 Å². The van der Waals surface area contributed by atoms with Gasteiger partial charge in [-0.3, -0.25) is 9.78 Å². The predicted molar refractivity (Wildman–Crippen MR) is 89.4 cm³/mol. The second-order valence-corrected chi connectivity index (χ2v) is 6.09. The summed E-state index contributed by atoms with van der Waals surface area (Å²) in [4.78, 5) is 28.3. The number of nitrogens with zero attached hydrogens (tertiary/aromatic N) is 1. The van der Waals surface area contributed by atoms with Gasteiger partial charge < -0.3 is 15.2 Å². The molecule has 1 amide bonds. The van der Waals surface area contributed by atoms with Gasteiger partial charge in [0.2, 0.25) is 0 Å². The van der Waals surface area contributed by atoms with Gasteiger partial charge in [0.15, 0.2) is 12.2 Å². The number of esters is 1. The summed E-state index contributed by atoms with van der Waals surface area (Å²) in [5, 5.41) is 13.8. The number of rotatable bonds is 4. The predicted octanol–water partition coefficient (Wildman–Crippen LogP) is 2.41. The third kappa shape index (κ3) is 3.54. The number of nitrogens with one attached hydrogen (secondary N) is 1. The Bertz CT molecular complexity index is 748. The Morgan fingerprint density at radius 2 is 1.96 bits per heavy atom. The van der Waals surface area contributed by atoms with Gasteiger partial charge in [0.05, 0.1) is 11.2 Å². The van der Waals surface area contributed by atoms with E-state index in [1.165, 1.54) is 0 Å². The number of carbonyl (C=O) groups excluding carboxylic acids is 2. The third-order valence-electron chi connectivity index (χ3n) is 4.31. The van der Waals surface area contributed by atoms with Crippen molar-refractivity contribution in [2.75, 3.05) is 11.9 Å². The zero-order valence-corrected chi connectivity index (χ0v) is 13.3. The highest BCUT2D eigenvalue weighted by molar-refractivity contribution is 6.01. The molecule has 1 aliphatic carbocycles. The summed E-state index contributed by atoms with van der Waals surface area (Å²) >= 11 is 0. The molecule has 1 fully saturated rings. The summed E-state index contributed by atoms with van der Waals surface area (Å²) < 4.78 is 5.01. The Kier molecular flexibility index (Phi) is 4.76. The highest BCUT2D eigenvalue weighted by Crippen LogP contribution is 2.29. The van der Waals surface area contributed by atoms with Gasteiger partial charge in [0, 0.05) is 11.6 Å². The highest BCUT2D eigenvalue weighted by Gasteiger charge is 2.38. The average Bonchev–Trinajstić information content (AvgIpc) is 2.60. The van der Waals surface area contributed by atoms with E-state index in [1.807, 2.05) is 12.1 Å². The van der Waals surface area contributed by atoms with Crippen molar-refractivity contribution in [1.82, 2.24) is 4.98 Å². The topological polar surface area (TPSA) is 88.5 Å². The molecule has 2 aromatic rings. The number of anilines is 1. The number of hydrogen-bond donors (Lipinski definition) is 2. The first-order valence-electron chi connectivity index (χ1n) is 8.12. The zero-order chi connectivity index (χ0) is 17.0. The summed E-state index contributed by atoms with van der Waals surface area (Å²) in [5.41, 5.74) is -0.0659. The Morgan fingerprint density at radius 1 is 1.17 bits per heavy atom. The van der Waals surface area contributed by atoms with E-state index in [0.29, 0.717) is 18.5 Å². The van der Waals surface area contributed by atoms with Crippen molar-refractivity contribution >= 4 is 28.5 Å². The van der Waals surface area contributed by atoms with Crippen LogP contribution in [-0.4, -0.2) is 34.2 Å². The molecule has 24 heavy (non-hydrogen) atoms. The second kappa shape index (κ2) is 6.97. The number of benzene rings is 1. The maximum absolute atomic E-state index is 12.1. The van der Waals surface area contributed by atoms with Gasteiger partial charge in [-0.15, -0.1) is 0 Å². The van der Waals surface area contributed by atoms with E-state index in [-0.39, 0.29) is 0 Å². The summed E-state index contributed by atoms with van der Waals surface area (Å²) in [7, 11) is 0. The fraction of sp³-hybridized carbons (Fsp3) is 0.389. The van der Waals surface area contributed by atoms with Crippen LogP contribution >= 0.6 is 0 Å². The van der Waals surface area contributed by atoms with Crippen molar-refractivity contribution in [3.63, 3.8) is 0 Å². The Hall–Kier alpha value is -2.47. The Morgan fingerprint density at radius 3 is 2.75 bits per heavy atom. The number of hydrogen-bond acceptors (Lipinski definition) is 5. The lowest BCUT2D eigenvalue weighted by atomic mass is 9.85. The van der Waals surface area contributed by atoms with E-state index < -0.39 is 24.1 Å². The van der Waals surface area contributed by atoms with Crippen molar-refractivity contribution in [2.45, 2.75) is 37.7 Å². The van der Waals surface area contributed by atoms with Crippen LogP contribution in [0.15, 0.2) is 36.5 Å². The van der Waals surface area contributed by atoms with Gasteiger partial charge >= 0.3 is 5.97 Å². The third-order valence-corrected chi connectivity index (χ3v) is 4.31. The Labute approximate surface area is 139 Å². The number of fused-ring (bicyclic) bond motifs is 1. The summed E-state index contributed by atoms with van der Waals surface area (Å²) in [6, 6.07) is 9.05. The number of ether oxygens (including phenoxy) is 1. The maximum atomic E-state index is 12.1. The first-order chi connectivity index (χ1) is 11.6. The van der Waals surface area contributed by atoms with Crippen LogP contribution in [0.25, 0.3) is 10.9 Å². The minimum Gasteiger partial charge on any atom is -0.453 e. The molecule has 1 aliphatic rings. The van der Waals surface area contributed by atoms with E-state index in [2.05, 4.69) is 10.3 Å². The van der Waals surface area contributed by atoms with Crippen LogP contribution in [0.4, 0.5) is 5.69 Å². The van der Waals surface area contributed by atoms with Gasteiger partial charge in [-0.25, -0.2) is 4.79 Å². The average molecular weight is 328 g/mol. The van der Waals surface area contributed by atoms with Gasteiger partial charge in [0.1, 0.15) is 0 Å². The standard InChI is InChI=1S/C18H20N2O4/c21-16(12-24-17(22)18(23)9-2-1-3-10-18)20-15-8-4-7-14-13(15)6-5-11-19-14/h4-8,11,23H,1-3,9-10,12H2,(H,20,21). The molecule has 2 N–H and O–H groups in total. The molecule has 3 rings (SSSR count). The van der Waals surface area contributed by atoms with Crippen molar-refractivity contribution in [2.24, 2.45) is 0 Å². The molecule has 1 aromatic heterocycles. The smallest absolute Gasteiger partial charge is 0.338 e. The molecule has 0 spiro atoms. The molecular formula is C18H20N2O4. The van der Waals surface area contributed by atoms with Crippen LogP contribution in [0.3, 0.4) is 0 Å². The van der Waals surface area contributed by atoms with Crippen molar-refractivity contribution in [1.29, 1.82) is 0 Å². The Balaban J connectivity index is 1.60. The monoisotopic (exact) mass is 328 g/mol. The maximum Gasteiger partial charge on any atom is 0.338 e. The second-order valence-electron chi connectivity index (χ2n) is 6.09. The fourth-order valence-corrected chi connectivity index (χ4v) is 3.00. The number of carbonyl (C=O) groups is 2. The van der Waals surface area contributed by atoms with Crippen LogP contribution in [-0.2, 0) is 14.3 Å². The molecule has 1 aromatic carbocycles.